The van der Waals surface area contributed by atoms with E-state index >= 15 is 0 Å². The van der Waals surface area contributed by atoms with Crippen molar-refractivity contribution in [3.63, 3.8) is 0 Å². The molecular formula is C28H36O5. The van der Waals surface area contributed by atoms with Crippen LogP contribution in [-0.4, -0.2) is 28.9 Å². The van der Waals surface area contributed by atoms with Gasteiger partial charge in [0.1, 0.15) is 6.10 Å². The van der Waals surface area contributed by atoms with Crippen molar-refractivity contribution in [2.24, 2.45) is 5.92 Å². The van der Waals surface area contributed by atoms with Crippen LogP contribution >= 0.6 is 0 Å². The van der Waals surface area contributed by atoms with Crippen molar-refractivity contribution >= 4 is 17.7 Å². The Bertz CT molecular complexity index is 860. The number of Topliss-reactive ketones (excluding diaryl/α,β-unsaturated/α-hetero) is 1. The lowest BCUT2D eigenvalue weighted by Crippen LogP contribution is -2.31. The van der Waals surface area contributed by atoms with Gasteiger partial charge in [0, 0.05) is 18.4 Å². The van der Waals surface area contributed by atoms with Gasteiger partial charge in [0.2, 0.25) is 0 Å². The molecule has 0 aliphatic rings. The van der Waals surface area contributed by atoms with Gasteiger partial charge in [-0.15, -0.1) is 0 Å². The Kier molecular flexibility index (Phi) is 11.4. The summed E-state index contributed by atoms with van der Waals surface area (Å²) in [6.45, 7) is 4.36. The molecule has 33 heavy (non-hydrogen) atoms. The fourth-order valence-electron chi connectivity index (χ4n) is 3.94. The SMILES string of the molecule is CC(C)CCCCC(OC(=O)CCCCC(=O)O)C(C(=O)c1ccccc1)c1ccccc1. The van der Waals surface area contributed by atoms with Gasteiger partial charge < -0.3 is 9.84 Å². The zero-order valence-electron chi connectivity index (χ0n) is 19.7. The van der Waals surface area contributed by atoms with E-state index in [-0.39, 0.29) is 24.6 Å². The number of carbonyl (C=O) groups is 3. The first-order chi connectivity index (χ1) is 15.9. The number of ether oxygens (including phenoxy) is 1. The second-order valence-corrected chi connectivity index (χ2v) is 8.93. The van der Waals surface area contributed by atoms with Gasteiger partial charge in [-0.25, -0.2) is 0 Å². The summed E-state index contributed by atoms with van der Waals surface area (Å²) in [5.41, 5.74) is 1.43. The number of hydrogen-bond acceptors (Lipinski definition) is 4. The van der Waals surface area contributed by atoms with E-state index in [2.05, 4.69) is 13.8 Å². The van der Waals surface area contributed by atoms with E-state index in [1.165, 1.54) is 0 Å². The third kappa shape index (κ3) is 9.60. The Hall–Kier alpha value is -2.95. The van der Waals surface area contributed by atoms with Gasteiger partial charge in [0.15, 0.2) is 5.78 Å². The number of hydrogen-bond donors (Lipinski definition) is 1. The number of carbonyl (C=O) groups excluding carboxylic acids is 2. The molecule has 2 unspecified atom stereocenters. The highest BCUT2D eigenvalue weighted by Crippen LogP contribution is 2.30. The Balaban J connectivity index is 2.22. The first-order valence-corrected chi connectivity index (χ1v) is 11.9. The van der Waals surface area contributed by atoms with E-state index in [0.717, 1.165) is 24.8 Å². The van der Waals surface area contributed by atoms with Crippen LogP contribution in [-0.2, 0) is 14.3 Å². The van der Waals surface area contributed by atoms with Crippen molar-refractivity contribution in [3.05, 3.63) is 71.8 Å². The third-order valence-corrected chi connectivity index (χ3v) is 5.70. The van der Waals surface area contributed by atoms with Crippen LogP contribution in [0.15, 0.2) is 60.7 Å². The maximum atomic E-state index is 13.6. The van der Waals surface area contributed by atoms with Gasteiger partial charge in [-0.3, -0.25) is 14.4 Å². The quantitative estimate of drug-likeness (QED) is 0.191. The molecule has 1 N–H and O–H groups in total. The van der Waals surface area contributed by atoms with Crippen LogP contribution in [0.1, 0.15) is 87.1 Å². The third-order valence-electron chi connectivity index (χ3n) is 5.70. The summed E-state index contributed by atoms with van der Waals surface area (Å²) < 4.78 is 5.92. The molecule has 0 heterocycles. The number of esters is 1. The minimum absolute atomic E-state index is 0.0328. The topological polar surface area (TPSA) is 80.7 Å². The molecular weight excluding hydrogens is 416 g/mol. The molecule has 0 fully saturated rings. The molecule has 0 spiro atoms. The summed E-state index contributed by atoms with van der Waals surface area (Å²) in [6, 6.07) is 18.6. The number of benzene rings is 2. The molecule has 0 saturated heterocycles. The van der Waals surface area contributed by atoms with Gasteiger partial charge >= 0.3 is 11.9 Å². The van der Waals surface area contributed by atoms with Gasteiger partial charge in [-0.2, -0.15) is 0 Å². The minimum Gasteiger partial charge on any atom is -0.481 e. The number of unbranched alkanes of at least 4 members (excludes halogenated alkanes) is 2. The summed E-state index contributed by atoms with van der Waals surface area (Å²) in [5, 5.41) is 8.80. The van der Waals surface area contributed by atoms with E-state index < -0.39 is 18.0 Å². The highest BCUT2D eigenvalue weighted by atomic mass is 16.5. The molecule has 5 heteroatoms. The van der Waals surface area contributed by atoms with Gasteiger partial charge in [0.25, 0.3) is 0 Å². The number of carboxylic acid groups (broad SMARTS) is 1. The predicted octanol–water partition coefficient (Wildman–Crippen LogP) is 6.43. The molecule has 178 valence electrons. The molecule has 0 bridgehead atoms. The van der Waals surface area contributed by atoms with E-state index in [0.29, 0.717) is 30.7 Å². The fraction of sp³-hybridized carbons (Fsp3) is 0.464. The highest BCUT2D eigenvalue weighted by Gasteiger charge is 2.33. The Morgan fingerprint density at radius 1 is 0.788 bits per heavy atom. The lowest BCUT2D eigenvalue weighted by molar-refractivity contribution is -0.150. The van der Waals surface area contributed by atoms with Crippen LogP contribution in [0.5, 0.6) is 0 Å². The van der Waals surface area contributed by atoms with Crippen LogP contribution in [0.3, 0.4) is 0 Å². The summed E-state index contributed by atoms with van der Waals surface area (Å²) in [5.74, 6) is -1.30. The molecule has 0 saturated carbocycles. The second-order valence-electron chi connectivity index (χ2n) is 8.93. The van der Waals surface area contributed by atoms with Crippen molar-refractivity contribution in [1.29, 1.82) is 0 Å². The minimum atomic E-state index is -0.871. The molecule has 0 aliphatic carbocycles. The monoisotopic (exact) mass is 452 g/mol. The highest BCUT2D eigenvalue weighted by molar-refractivity contribution is 6.01. The summed E-state index contributed by atoms with van der Waals surface area (Å²) >= 11 is 0. The van der Waals surface area contributed by atoms with Crippen molar-refractivity contribution in [2.45, 2.75) is 77.2 Å². The van der Waals surface area contributed by atoms with Gasteiger partial charge in [-0.1, -0.05) is 87.4 Å². The van der Waals surface area contributed by atoms with E-state index in [1.54, 1.807) is 12.1 Å². The van der Waals surface area contributed by atoms with Crippen LogP contribution < -0.4 is 0 Å². The number of carboxylic acids is 1. The Morgan fingerprint density at radius 3 is 1.97 bits per heavy atom. The van der Waals surface area contributed by atoms with Crippen molar-refractivity contribution in [3.8, 4) is 0 Å². The van der Waals surface area contributed by atoms with Crippen LogP contribution in [0.25, 0.3) is 0 Å². The first-order valence-electron chi connectivity index (χ1n) is 11.9. The van der Waals surface area contributed by atoms with E-state index in [1.807, 2.05) is 48.5 Å². The summed E-state index contributed by atoms with van der Waals surface area (Å²) in [7, 11) is 0. The van der Waals surface area contributed by atoms with E-state index in [9.17, 15) is 14.4 Å². The van der Waals surface area contributed by atoms with Crippen molar-refractivity contribution < 1.29 is 24.2 Å². The molecule has 2 aromatic rings. The Labute approximate surface area is 197 Å². The molecule has 0 aromatic heterocycles. The molecule has 5 nitrogen and oxygen atoms in total. The lowest BCUT2D eigenvalue weighted by atomic mass is 9.84. The molecule has 0 aliphatic heterocycles. The number of ketones is 1. The van der Waals surface area contributed by atoms with Crippen LogP contribution in [0.4, 0.5) is 0 Å². The van der Waals surface area contributed by atoms with E-state index in [4.69, 9.17) is 9.84 Å². The Morgan fingerprint density at radius 2 is 1.36 bits per heavy atom. The van der Waals surface area contributed by atoms with Gasteiger partial charge in [0.05, 0.1) is 5.92 Å². The number of aliphatic carboxylic acids is 1. The predicted molar refractivity (Wildman–Crippen MR) is 129 cm³/mol. The smallest absolute Gasteiger partial charge is 0.306 e. The summed E-state index contributed by atoms with van der Waals surface area (Å²) in [6.07, 6.45) is 4.04. The molecule has 0 amide bonds. The zero-order valence-corrected chi connectivity index (χ0v) is 19.7. The zero-order chi connectivity index (χ0) is 24.1. The van der Waals surface area contributed by atoms with Crippen molar-refractivity contribution in [2.75, 3.05) is 0 Å². The normalized spacial score (nSPS) is 12.8. The average molecular weight is 453 g/mol. The molecule has 2 atom stereocenters. The molecule has 2 aromatic carbocycles. The fourth-order valence-corrected chi connectivity index (χ4v) is 3.94. The summed E-state index contributed by atoms with van der Waals surface area (Å²) in [4.78, 5) is 37.0. The lowest BCUT2D eigenvalue weighted by Gasteiger charge is -2.27. The maximum Gasteiger partial charge on any atom is 0.306 e. The maximum absolute atomic E-state index is 13.6. The van der Waals surface area contributed by atoms with Gasteiger partial charge in [-0.05, 0) is 37.2 Å². The molecule has 2 rings (SSSR count). The second kappa shape index (κ2) is 14.2. The molecule has 0 radical (unpaired) electrons. The van der Waals surface area contributed by atoms with Crippen molar-refractivity contribution in [1.82, 2.24) is 0 Å². The standard InChI is InChI=1S/C28H36O5/c1-21(2)13-9-10-18-24(33-26(31)20-12-11-19-25(29)30)27(22-14-5-3-6-15-22)28(32)23-16-7-4-8-17-23/h3-8,14-17,21,24,27H,9-13,18-20H2,1-2H3,(H,29,30). The number of rotatable bonds is 15. The van der Waals surface area contributed by atoms with Crippen LogP contribution in [0, 0.1) is 5.92 Å². The average Bonchev–Trinajstić information content (AvgIpc) is 2.80. The van der Waals surface area contributed by atoms with Crippen LogP contribution in [0.2, 0.25) is 0 Å². The largest absolute Gasteiger partial charge is 0.481 e. The first kappa shape index (κ1) is 26.3.